The van der Waals surface area contributed by atoms with Crippen molar-refractivity contribution in [1.29, 1.82) is 0 Å². The number of hydrogen-bond donors (Lipinski definition) is 9. The van der Waals surface area contributed by atoms with Crippen LogP contribution in [0.3, 0.4) is 0 Å². The topological polar surface area (TPSA) is 228 Å². The molecule has 2 heterocycles. The molecule has 506 valence electrons. The van der Waals surface area contributed by atoms with E-state index in [-0.39, 0.29) is 18.9 Å². The van der Waals surface area contributed by atoms with Crippen molar-refractivity contribution in [2.75, 3.05) is 19.8 Å². The molecular formula is C73H131NO13. The Morgan fingerprint density at radius 2 is 0.805 bits per heavy atom. The predicted molar refractivity (Wildman–Crippen MR) is 355 cm³/mol. The lowest BCUT2D eigenvalue weighted by atomic mass is 9.97. The Hall–Kier alpha value is -2.57. The molecule has 2 rings (SSSR count). The molecule has 14 heteroatoms. The molecule has 9 N–H and O–H groups in total. The maximum Gasteiger partial charge on any atom is 0.220 e. The van der Waals surface area contributed by atoms with Gasteiger partial charge in [-0.25, -0.2) is 0 Å². The van der Waals surface area contributed by atoms with Crippen molar-refractivity contribution in [3.8, 4) is 0 Å². The van der Waals surface area contributed by atoms with E-state index in [4.69, 9.17) is 18.9 Å². The SMILES string of the molecule is CC/C=C\C/C=C\C/C=C\C/C=C\CCCCCCCCCCCCCCCCC(=O)NC(COC1OC(CO)C(OC2OC(CO)C(O)C(O)C2O)C(O)C1O)C(O)/C=C/CC/C=C/CCCCCCCCCCCCCCCCCCCCCC. The second-order valence-corrected chi connectivity index (χ2v) is 25.0. The first kappa shape index (κ1) is 80.5. The molecule has 1 amide bonds. The number of aliphatic hydroxyl groups is 8. The lowest BCUT2D eigenvalue weighted by molar-refractivity contribution is -0.359. The highest BCUT2D eigenvalue weighted by molar-refractivity contribution is 5.76. The number of unbranched alkanes of at least 4 members (excludes halogenated alkanes) is 35. The summed E-state index contributed by atoms with van der Waals surface area (Å²) in [6, 6.07) is -0.936. The minimum absolute atomic E-state index is 0.249. The van der Waals surface area contributed by atoms with Crippen molar-refractivity contribution in [2.45, 2.75) is 364 Å². The molecule has 0 spiro atoms. The molecule has 12 atom stereocenters. The van der Waals surface area contributed by atoms with Crippen molar-refractivity contribution < 1.29 is 64.6 Å². The van der Waals surface area contributed by atoms with Crippen molar-refractivity contribution in [3.63, 3.8) is 0 Å². The number of amides is 1. The highest BCUT2D eigenvalue weighted by Crippen LogP contribution is 2.30. The van der Waals surface area contributed by atoms with Crippen LogP contribution in [-0.2, 0) is 23.7 Å². The van der Waals surface area contributed by atoms with Gasteiger partial charge in [-0.3, -0.25) is 4.79 Å². The fourth-order valence-electron chi connectivity index (χ4n) is 11.5. The Kier molecular flexibility index (Phi) is 53.1. The van der Waals surface area contributed by atoms with Crippen LogP contribution in [0.25, 0.3) is 0 Å². The van der Waals surface area contributed by atoms with Gasteiger partial charge in [-0.1, -0.05) is 286 Å². The molecule has 0 aliphatic carbocycles. The largest absolute Gasteiger partial charge is 0.394 e. The molecule has 12 unspecified atom stereocenters. The summed E-state index contributed by atoms with van der Waals surface area (Å²) in [5.74, 6) is -0.249. The number of carbonyl (C=O) groups is 1. The molecule has 0 aromatic carbocycles. The van der Waals surface area contributed by atoms with Gasteiger partial charge in [-0.2, -0.15) is 0 Å². The summed E-state index contributed by atoms with van der Waals surface area (Å²) in [6.45, 7) is 2.70. The number of ether oxygens (including phenoxy) is 4. The molecule has 87 heavy (non-hydrogen) atoms. The molecule has 14 nitrogen and oxygen atoms in total. The van der Waals surface area contributed by atoms with E-state index in [1.807, 2.05) is 6.08 Å². The maximum absolute atomic E-state index is 13.3. The predicted octanol–water partition coefficient (Wildman–Crippen LogP) is 14.6. The minimum atomic E-state index is -1.79. The summed E-state index contributed by atoms with van der Waals surface area (Å²) in [5.41, 5.74) is 0. The third-order valence-corrected chi connectivity index (χ3v) is 17.1. The van der Waals surface area contributed by atoms with Gasteiger partial charge in [0.05, 0.1) is 32.0 Å². The molecule has 2 aliphatic rings. The normalized spacial score (nSPS) is 23.7. The number of carbonyl (C=O) groups excluding carboxylic acids is 1. The molecule has 0 saturated carbocycles. The maximum atomic E-state index is 13.3. The number of allylic oxidation sites excluding steroid dienone is 11. The summed E-state index contributed by atoms with van der Waals surface area (Å²) in [4.78, 5) is 13.3. The van der Waals surface area contributed by atoms with E-state index in [1.165, 1.54) is 199 Å². The Bertz CT molecular complexity index is 1740. The monoisotopic (exact) mass is 1230 g/mol. The summed E-state index contributed by atoms with van der Waals surface area (Å²) in [5, 5.41) is 87.5. The second kappa shape index (κ2) is 57.3. The average Bonchev–Trinajstić information content (AvgIpc) is 2.58. The first-order valence-corrected chi connectivity index (χ1v) is 35.7. The first-order valence-electron chi connectivity index (χ1n) is 35.7. The van der Waals surface area contributed by atoms with Gasteiger partial charge in [0.25, 0.3) is 0 Å². The molecule has 0 bridgehead atoms. The van der Waals surface area contributed by atoms with Gasteiger partial charge in [0.1, 0.15) is 48.8 Å². The van der Waals surface area contributed by atoms with E-state index >= 15 is 0 Å². The van der Waals surface area contributed by atoms with E-state index in [9.17, 15) is 45.6 Å². The average molecular weight is 1230 g/mol. The summed E-state index contributed by atoms with van der Waals surface area (Å²) in [7, 11) is 0. The molecule has 0 radical (unpaired) electrons. The zero-order chi connectivity index (χ0) is 63.1. The third-order valence-electron chi connectivity index (χ3n) is 17.1. The van der Waals surface area contributed by atoms with E-state index in [0.29, 0.717) is 12.8 Å². The van der Waals surface area contributed by atoms with Gasteiger partial charge in [-0.05, 0) is 70.6 Å². The van der Waals surface area contributed by atoms with Gasteiger partial charge >= 0.3 is 0 Å². The van der Waals surface area contributed by atoms with Gasteiger partial charge in [0.15, 0.2) is 12.6 Å². The number of rotatable bonds is 58. The Balaban J connectivity index is 1.69. The van der Waals surface area contributed by atoms with Crippen LogP contribution in [0.2, 0.25) is 0 Å². The smallest absolute Gasteiger partial charge is 0.220 e. The molecule has 2 aliphatic heterocycles. The standard InChI is InChI=1S/C73H131NO13/c1-3-5-7-9-11-13-15-17-19-21-23-25-27-29-31-33-35-37-39-41-43-45-47-49-51-53-55-57-65(78)74-61(60-84-72-70(83)68(81)71(64(59-76)86-72)87-73-69(82)67(80)66(79)63(58-75)85-73)62(77)56-54-52-50-48-46-44-42-40-38-36-34-32-30-28-26-24-22-20-18-16-14-12-10-8-6-4-2/h5,7,11,13,17,19,23,25,46,48,54,56,61-64,66-73,75-77,79-83H,3-4,6,8-10,12,14-16,18,20-22,24,26-45,47,49-53,55,57-60H2,1-2H3,(H,74,78)/b7-5-,13-11-,19-17-,25-23-,48-46+,56-54+. The minimum Gasteiger partial charge on any atom is -0.394 e. The summed E-state index contributed by atoms with van der Waals surface area (Å²) >= 11 is 0. The summed E-state index contributed by atoms with van der Waals surface area (Å²) in [6.07, 6.45) is 61.0. The van der Waals surface area contributed by atoms with E-state index in [0.717, 1.165) is 57.8 Å². The highest BCUT2D eigenvalue weighted by atomic mass is 16.7. The lowest BCUT2D eigenvalue weighted by Gasteiger charge is -2.46. The zero-order valence-corrected chi connectivity index (χ0v) is 55.0. The fraction of sp³-hybridized carbons (Fsp3) is 0.822. The van der Waals surface area contributed by atoms with Crippen molar-refractivity contribution in [2.24, 2.45) is 0 Å². The number of hydrogen-bond acceptors (Lipinski definition) is 13. The molecule has 0 aromatic rings. The third kappa shape index (κ3) is 41.5. The van der Waals surface area contributed by atoms with Crippen LogP contribution in [-0.4, -0.2) is 140 Å². The van der Waals surface area contributed by atoms with Crippen LogP contribution in [0.5, 0.6) is 0 Å². The van der Waals surface area contributed by atoms with Crippen LogP contribution in [0.1, 0.15) is 290 Å². The quantitative estimate of drug-likeness (QED) is 0.0204. The van der Waals surface area contributed by atoms with Crippen LogP contribution < -0.4 is 5.32 Å². The van der Waals surface area contributed by atoms with E-state index < -0.39 is 86.8 Å². The summed E-state index contributed by atoms with van der Waals surface area (Å²) < 4.78 is 22.9. The van der Waals surface area contributed by atoms with Gasteiger partial charge in [-0.15, -0.1) is 0 Å². The highest BCUT2D eigenvalue weighted by Gasteiger charge is 2.51. The Morgan fingerprint density at radius 3 is 1.26 bits per heavy atom. The van der Waals surface area contributed by atoms with E-state index in [2.05, 4.69) is 79.9 Å². The van der Waals surface area contributed by atoms with Gasteiger partial charge < -0.3 is 65.1 Å². The molecule has 0 aromatic heterocycles. The first-order chi connectivity index (χ1) is 42.6. The van der Waals surface area contributed by atoms with Crippen LogP contribution in [0, 0.1) is 0 Å². The number of nitrogens with one attached hydrogen (secondary N) is 1. The molecule has 2 fully saturated rings. The van der Waals surface area contributed by atoms with Crippen molar-refractivity contribution >= 4 is 5.91 Å². The van der Waals surface area contributed by atoms with Gasteiger partial charge in [0, 0.05) is 6.42 Å². The van der Waals surface area contributed by atoms with Crippen molar-refractivity contribution in [3.05, 3.63) is 72.9 Å². The van der Waals surface area contributed by atoms with Gasteiger partial charge in [0.2, 0.25) is 5.91 Å². The second-order valence-electron chi connectivity index (χ2n) is 25.0. The molecule has 2 saturated heterocycles. The zero-order valence-electron chi connectivity index (χ0n) is 55.0. The van der Waals surface area contributed by atoms with Crippen LogP contribution in [0.15, 0.2) is 72.9 Å². The van der Waals surface area contributed by atoms with E-state index in [1.54, 1.807) is 6.08 Å². The number of aliphatic hydroxyl groups excluding tert-OH is 8. The van der Waals surface area contributed by atoms with Crippen molar-refractivity contribution in [1.82, 2.24) is 5.32 Å². The Labute approximate surface area is 529 Å². The molecular weight excluding hydrogens is 1100 g/mol. The van der Waals surface area contributed by atoms with Crippen LogP contribution >= 0.6 is 0 Å². The fourth-order valence-corrected chi connectivity index (χ4v) is 11.5. The lowest BCUT2D eigenvalue weighted by Crippen LogP contribution is -2.65. The Morgan fingerprint density at radius 1 is 0.425 bits per heavy atom. The van der Waals surface area contributed by atoms with Crippen LogP contribution in [0.4, 0.5) is 0 Å².